The Bertz CT molecular complexity index is 1470. The molecule has 1 atom stereocenters. The standard InChI is InChI=1S/C24H23F4N5O3S/c1-12-19(22(34)31-15-8-5-9-16(10-15)37(3,29)35)23(33-32-21(12)24(26,27)28)36-20-13(2)30-18(11-17(20)25)14-6-4-7-14/h5,8-11,14,29H,4,6-7H2,1-3H3,(H,31,34). The Morgan fingerprint density at radius 3 is 2.46 bits per heavy atom. The van der Waals surface area contributed by atoms with Gasteiger partial charge in [-0.2, -0.15) is 13.2 Å². The van der Waals surface area contributed by atoms with Crippen LogP contribution in [0.15, 0.2) is 35.2 Å². The molecule has 2 aromatic heterocycles. The van der Waals surface area contributed by atoms with Crippen molar-refractivity contribution in [2.24, 2.45) is 0 Å². The van der Waals surface area contributed by atoms with Crippen LogP contribution >= 0.6 is 0 Å². The fourth-order valence-electron chi connectivity index (χ4n) is 3.89. The van der Waals surface area contributed by atoms with Crippen LogP contribution in [0.4, 0.5) is 23.2 Å². The molecule has 1 saturated carbocycles. The average molecular weight is 538 g/mol. The fourth-order valence-corrected chi connectivity index (χ4v) is 4.58. The molecule has 4 rings (SSSR count). The van der Waals surface area contributed by atoms with Gasteiger partial charge in [-0.15, -0.1) is 10.2 Å². The normalized spacial score (nSPS) is 15.5. The van der Waals surface area contributed by atoms with Crippen LogP contribution in [0.3, 0.4) is 0 Å². The predicted molar refractivity (Wildman–Crippen MR) is 127 cm³/mol. The lowest BCUT2D eigenvalue weighted by molar-refractivity contribution is -0.142. The van der Waals surface area contributed by atoms with Gasteiger partial charge < -0.3 is 10.1 Å². The Kier molecular flexibility index (Phi) is 6.93. The summed E-state index contributed by atoms with van der Waals surface area (Å²) in [6.45, 7) is 2.51. The van der Waals surface area contributed by atoms with Gasteiger partial charge in [0.1, 0.15) is 5.56 Å². The maximum Gasteiger partial charge on any atom is 0.435 e. The lowest BCUT2D eigenvalue weighted by Gasteiger charge is -2.25. The van der Waals surface area contributed by atoms with Crippen molar-refractivity contribution < 1.29 is 31.3 Å². The van der Waals surface area contributed by atoms with Gasteiger partial charge in [0.25, 0.3) is 11.8 Å². The second kappa shape index (κ2) is 9.69. The van der Waals surface area contributed by atoms with Gasteiger partial charge in [0.2, 0.25) is 0 Å². The molecule has 1 aliphatic carbocycles. The van der Waals surface area contributed by atoms with Gasteiger partial charge in [-0.3, -0.25) is 9.78 Å². The van der Waals surface area contributed by atoms with Gasteiger partial charge in [0, 0.05) is 28.5 Å². The lowest BCUT2D eigenvalue weighted by Crippen LogP contribution is -2.21. The second-order valence-electron chi connectivity index (χ2n) is 8.85. The zero-order valence-corrected chi connectivity index (χ0v) is 20.9. The van der Waals surface area contributed by atoms with Crippen LogP contribution in [0, 0.1) is 24.4 Å². The number of rotatable bonds is 6. The first-order valence-corrected chi connectivity index (χ1v) is 13.2. The molecule has 1 aromatic carbocycles. The van der Waals surface area contributed by atoms with Crippen molar-refractivity contribution in [2.45, 2.75) is 50.1 Å². The van der Waals surface area contributed by atoms with Crippen molar-refractivity contribution in [3.05, 3.63) is 64.4 Å². The number of aromatic nitrogens is 3. The third-order valence-corrected chi connectivity index (χ3v) is 7.21. The van der Waals surface area contributed by atoms with Crippen LogP contribution < -0.4 is 10.1 Å². The van der Waals surface area contributed by atoms with Crippen LogP contribution in [0.2, 0.25) is 0 Å². The van der Waals surface area contributed by atoms with Crippen molar-refractivity contribution in [3.8, 4) is 11.6 Å². The number of carbonyl (C=O) groups is 1. The van der Waals surface area contributed by atoms with Crippen molar-refractivity contribution in [2.75, 3.05) is 11.6 Å². The van der Waals surface area contributed by atoms with Gasteiger partial charge in [-0.05, 0) is 56.5 Å². The number of benzene rings is 1. The number of hydrogen-bond acceptors (Lipinski definition) is 7. The van der Waals surface area contributed by atoms with Crippen molar-refractivity contribution in [1.29, 1.82) is 4.78 Å². The molecule has 0 saturated heterocycles. The summed E-state index contributed by atoms with van der Waals surface area (Å²) in [5.41, 5.74) is -1.82. The van der Waals surface area contributed by atoms with Crippen LogP contribution in [-0.2, 0) is 15.9 Å². The molecule has 13 heteroatoms. The number of hydrogen-bond donors (Lipinski definition) is 2. The molecule has 37 heavy (non-hydrogen) atoms. The van der Waals surface area contributed by atoms with Gasteiger partial charge in [0.05, 0.1) is 15.4 Å². The van der Waals surface area contributed by atoms with E-state index in [1.54, 1.807) is 0 Å². The number of pyridine rings is 1. The van der Waals surface area contributed by atoms with E-state index in [1.807, 2.05) is 0 Å². The maximum atomic E-state index is 15.0. The Morgan fingerprint density at radius 1 is 1.19 bits per heavy atom. The van der Waals surface area contributed by atoms with E-state index >= 15 is 0 Å². The summed E-state index contributed by atoms with van der Waals surface area (Å²) < 4.78 is 80.9. The number of amides is 1. The highest BCUT2D eigenvalue weighted by Crippen LogP contribution is 2.39. The number of ether oxygens (including phenoxy) is 1. The number of carbonyl (C=O) groups excluding carboxylic acids is 1. The van der Waals surface area contributed by atoms with E-state index in [0.29, 0.717) is 5.69 Å². The minimum absolute atomic E-state index is 0.0777. The third-order valence-electron chi connectivity index (χ3n) is 6.06. The van der Waals surface area contributed by atoms with Crippen LogP contribution in [0.25, 0.3) is 0 Å². The van der Waals surface area contributed by atoms with E-state index in [9.17, 15) is 26.6 Å². The van der Waals surface area contributed by atoms with E-state index < -0.39 is 50.3 Å². The Hall–Kier alpha value is -3.61. The number of alkyl halides is 3. The second-order valence-corrected chi connectivity index (χ2v) is 11.0. The minimum Gasteiger partial charge on any atom is -0.432 e. The van der Waals surface area contributed by atoms with Gasteiger partial charge >= 0.3 is 6.18 Å². The molecule has 1 amide bonds. The molecule has 8 nitrogen and oxygen atoms in total. The quantitative estimate of drug-likeness (QED) is 0.373. The first-order valence-electron chi connectivity index (χ1n) is 11.2. The summed E-state index contributed by atoms with van der Waals surface area (Å²) in [6.07, 6.45) is -0.947. The van der Waals surface area contributed by atoms with Crippen LogP contribution in [0.1, 0.15) is 58.2 Å². The molecular formula is C24H23F4N5O3S. The lowest BCUT2D eigenvalue weighted by atomic mass is 9.82. The number of anilines is 1. The van der Waals surface area contributed by atoms with Gasteiger partial charge in [-0.1, -0.05) is 12.5 Å². The fraction of sp³-hybridized carbons (Fsp3) is 0.333. The monoisotopic (exact) mass is 537 g/mol. The summed E-state index contributed by atoms with van der Waals surface area (Å²) in [5, 5.41) is 9.06. The number of aryl methyl sites for hydroxylation is 1. The van der Waals surface area contributed by atoms with Crippen molar-refractivity contribution in [3.63, 3.8) is 0 Å². The van der Waals surface area contributed by atoms with Gasteiger partial charge in [0.15, 0.2) is 17.3 Å². The number of nitrogens with one attached hydrogen (secondary N) is 2. The summed E-state index contributed by atoms with van der Waals surface area (Å²) in [4.78, 5) is 17.7. The summed E-state index contributed by atoms with van der Waals surface area (Å²) in [7, 11) is -3.12. The first-order chi connectivity index (χ1) is 17.3. The number of halogens is 4. The minimum atomic E-state index is -4.92. The molecule has 2 N–H and O–H groups in total. The number of nitrogens with zero attached hydrogens (tertiary/aromatic N) is 3. The van der Waals surface area contributed by atoms with Crippen LogP contribution in [0.5, 0.6) is 11.6 Å². The van der Waals surface area contributed by atoms with Crippen molar-refractivity contribution in [1.82, 2.24) is 15.2 Å². The Balaban J connectivity index is 1.75. The topological polar surface area (TPSA) is 118 Å². The highest BCUT2D eigenvalue weighted by atomic mass is 32.2. The smallest absolute Gasteiger partial charge is 0.432 e. The molecular weight excluding hydrogens is 514 g/mol. The highest BCUT2D eigenvalue weighted by molar-refractivity contribution is 7.91. The molecule has 0 bridgehead atoms. The first kappa shape index (κ1) is 26.5. The zero-order valence-electron chi connectivity index (χ0n) is 20.1. The molecule has 1 aliphatic rings. The molecule has 0 aliphatic heterocycles. The average Bonchev–Trinajstić information content (AvgIpc) is 2.73. The van der Waals surface area contributed by atoms with Gasteiger partial charge in [-0.25, -0.2) is 13.4 Å². The highest BCUT2D eigenvalue weighted by Gasteiger charge is 2.38. The predicted octanol–water partition coefficient (Wildman–Crippen LogP) is 5.99. The zero-order chi connectivity index (χ0) is 27.1. The molecule has 3 aromatic rings. The third kappa shape index (κ3) is 5.55. The van der Waals surface area contributed by atoms with E-state index in [-0.39, 0.29) is 27.9 Å². The molecule has 1 unspecified atom stereocenters. The molecule has 0 radical (unpaired) electrons. The molecule has 0 spiro atoms. The van der Waals surface area contributed by atoms with E-state index in [1.165, 1.54) is 43.5 Å². The summed E-state index contributed by atoms with van der Waals surface area (Å²) in [5.74, 6) is -2.73. The summed E-state index contributed by atoms with van der Waals surface area (Å²) in [6, 6.07) is 6.76. The Labute approximate surface area is 210 Å². The molecule has 196 valence electrons. The van der Waals surface area contributed by atoms with Crippen LogP contribution in [-0.4, -0.2) is 31.6 Å². The summed E-state index contributed by atoms with van der Waals surface area (Å²) >= 11 is 0. The van der Waals surface area contributed by atoms with E-state index in [4.69, 9.17) is 9.52 Å². The van der Waals surface area contributed by atoms with E-state index in [2.05, 4.69) is 20.5 Å². The molecule has 1 fully saturated rings. The Morgan fingerprint density at radius 2 is 1.89 bits per heavy atom. The SMILES string of the molecule is Cc1nc(C2CCC2)cc(F)c1Oc1nnc(C(F)(F)F)c(C)c1C(=O)Nc1cccc(S(C)(=N)=O)c1. The maximum absolute atomic E-state index is 15.0. The van der Waals surface area contributed by atoms with E-state index in [0.717, 1.165) is 26.2 Å². The largest absolute Gasteiger partial charge is 0.435 e. The molecule has 2 heterocycles. The van der Waals surface area contributed by atoms with Crippen molar-refractivity contribution >= 4 is 21.3 Å².